The smallest absolute Gasteiger partial charge is 0.191 e. The van der Waals surface area contributed by atoms with E-state index >= 15 is 0 Å². The largest absolute Gasteiger partial charge is 0.379 e. The van der Waals surface area contributed by atoms with Gasteiger partial charge in [-0.2, -0.15) is 0 Å². The predicted molar refractivity (Wildman–Crippen MR) is 101 cm³/mol. The van der Waals surface area contributed by atoms with E-state index < -0.39 is 0 Å². The van der Waals surface area contributed by atoms with Crippen LogP contribution in [0.25, 0.3) is 0 Å². The molecule has 1 saturated heterocycles. The van der Waals surface area contributed by atoms with Crippen LogP contribution >= 0.6 is 11.6 Å². The van der Waals surface area contributed by atoms with Crippen molar-refractivity contribution in [3.05, 3.63) is 34.9 Å². The Morgan fingerprint density at radius 2 is 2.12 bits per heavy atom. The topological polar surface area (TPSA) is 48.9 Å². The van der Waals surface area contributed by atoms with Crippen LogP contribution in [0.15, 0.2) is 29.3 Å². The van der Waals surface area contributed by atoms with Crippen molar-refractivity contribution >= 4 is 17.6 Å². The molecule has 2 rings (SSSR count). The molecule has 1 aromatic rings. The Morgan fingerprint density at radius 3 is 2.83 bits per heavy atom. The summed E-state index contributed by atoms with van der Waals surface area (Å²) in [4.78, 5) is 7.11. The minimum Gasteiger partial charge on any atom is -0.379 e. The summed E-state index contributed by atoms with van der Waals surface area (Å²) in [6, 6.07) is 7.83. The van der Waals surface area contributed by atoms with Crippen LogP contribution in [0.3, 0.4) is 0 Å². The zero-order valence-electron chi connectivity index (χ0n) is 14.7. The van der Waals surface area contributed by atoms with Gasteiger partial charge in [-0.15, -0.1) is 0 Å². The summed E-state index contributed by atoms with van der Waals surface area (Å²) in [5.41, 5.74) is 1.11. The number of nitrogens with one attached hydrogen (secondary N) is 2. The van der Waals surface area contributed by atoms with Gasteiger partial charge in [0.05, 0.1) is 19.8 Å². The fraction of sp³-hybridized carbons (Fsp3) is 0.611. The lowest BCUT2D eigenvalue weighted by Gasteiger charge is -2.29. The molecule has 5 nitrogen and oxygen atoms in total. The fourth-order valence-electron chi connectivity index (χ4n) is 2.71. The Labute approximate surface area is 150 Å². The van der Waals surface area contributed by atoms with E-state index in [-0.39, 0.29) is 0 Å². The summed E-state index contributed by atoms with van der Waals surface area (Å²) in [5, 5.41) is 7.49. The van der Waals surface area contributed by atoms with Crippen molar-refractivity contribution in [2.45, 2.75) is 20.4 Å². The van der Waals surface area contributed by atoms with E-state index in [4.69, 9.17) is 16.3 Å². The number of rotatable bonds is 7. The van der Waals surface area contributed by atoms with Gasteiger partial charge in [0.15, 0.2) is 5.96 Å². The first kappa shape index (κ1) is 19.0. The van der Waals surface area contributed by atoms with Crippen molar-refractivity contribution in [1.82, 2.24) is 15.5 Å². The van der Waals surface area contributed by atoms with Gasteiger partial charge >= 0.3 is 0 Å². The lowest BCUT2D eigenvalue weighted by atomic mass is 10.1. The second kappa shape index (κ2) is 10.5. The maximum Gasteiger partial charge on any atom is 0.191 e. The molecule has 1 unspecified atom stereocenters. The van der Waals surface area contributed by atoms with Crippen molar-refractivity contribution in [2.24, 2.45) is 10.9 Å². The highest BCUT2D eigenvalue weighted by Gasteiger charge is 2.13. The standard InChI is InChI=1S/C18H29ClN4O/c1-3-20-18(22-13-16-5-4-6-17(19)11-16)21-12-15(2)14-23-7-9-24-10-8-23/h4-6,11,15H,3,7-10,12-14H2,1-2H3,(H2,20,21,22). The molecule has 134 valence electrons. The average Bonchev–Trinajstić information content (AvgIpc) is 2.58. The van der Waals surface area contributed by atoms with Crippen LogP contribution in [-0.4, -0.2) is 56.8 Å². The maximum absolute atomic E-state index is 6.02. The molecule has 1 aliphatic heterocycles. The van der Waals surface area contributed by atoms with Crippen LogP contribution < -0.4 is 10.6 Å². The molecule has 0 bridgehead atoms. The third-order valence-corrected chi connectivity index (χ3v) is 4.18. The van der Waals surface area contributed by atoms with Crippen molar-refractivity contribution in [1.29, 1.82) is 0 Å². The van der Waals surface area contributed by atoms with Crippen LogP contribution in [0, 0.1) is 5.92 Å². The van der Waals surface area contributed by atoms with Gasteiger partial charge in [-0.25, -0.2) is 4.99 Å². The number of aliphatic imine (C=N–C) groups is 1. The van der Waals surface area contributed by atoms with E-state index in [9.17, 15) is 0 Å². The number of hydrogen-bond acceptors (Lipinski definition) is 3. The SMILES string of the molecule is CCNC(=NCc1cccc(Cl)c1)NCC(C)CN1CCOCC1. The molecule has 0 amide bonds. The normalized spacial score (nSPS) is 17.5. The van der Waals surface area contributed by atoms with Crippen LogP contribution in [-0.2, 0) is 11.3 Å². The van der Waals surface area contributed by atoms with E-state index in [1.54, 1.807) is 0 Å². The first-order chi connectivity index (χ1) is 11.7. The van der Waals surface area contributed by atoms with E-state index in [0.29, 0.717) is 12.5 Å². The van der Waals surface area contributed by atoms with Gasteiger partial charge in [-0.1, -0.05) is 30.7 Å². The summed E-state index contributed by atoms with van der Waals surface area (Å²) in [6.07, 6.45) is 0. The van der Waals surface area contributed by atoms with Gasteiger partial charge < -0.3 is 15.4 Å². The monoisotopic (exact) mass is 352 g/mol. The molecule has 0 spiro atoms. The lowest BCUT2D eigenvalue weighted by Crippen LogP contribution is -2.44. The molecular formula is C18H29ClN4O. The number of ether oxygens (including phenoxy) is 1. The van der Waals surface area contributed by atoms with E-state index in [1.807, 2.05) is 24.3 Å². The Kier molecular flexibility index (Phi) is 8.36. The fourth-order valence-corrected chi connectivity index (χ4v) is 2.92. The first-order valence-electron chi connectivity index (χ1n) is 8.74. The molecule has 1 fully saturated rings. The van der Waals surface area contributed by atoms with E-state index in [1.165, 1.54) is 0 Å². The van der Waals surface area contributed by atoms with Crippen LogP contribution in [0.4, 0.5) is 0 Å². The van der Waals surface area contributed by atoms with Gasteiger partial charge in [0.2, 0.25) is 0 Å². The minimum atomic E-state index is 0.554. The molecule has 0 aliphatic carbocycles. The van der Waals surface area contributed by atoms with Crippen LogP contribution in [0.1, 0.15) is 19.4 Å². The molecule has 0 radical (unpaired) electrons. The van der Waals surface area contributed by atoms with Gasteiger partial charge in [0, 0.05) is 37.7 Å². The second-order valence-electron chi connectivity index (χ2n) is 6.22. The van der Waals surface area contributed by atoms with E-state index in [2.05, 4.69) is 34.4 Å². The number of halogens is 1. The molecule has 0 saturated carbocycles. The Hall–Kier alpha value is -1.30. The third-order valence-electron chi connectivity index (χ3n) is 3.94. The second-order valence-corrected chi connectivity index (χ2v) is 6.66. The zero-order valence-corrected chi connectivity index (χ0v) is 15.5. The maximum atomic E-state index is 6.02. The van der Waals surface area contributed by atoms with Gasteiger partial charge in [0.25, 0.3) is 0 Å². The molecule has 1 heterocycles. The van der Waals surface area contributed by atoms with Crippen molar-refractivity contribution in [2.75, 3.05) is 45.9 Å². The average molecular weight is 353 g/mol. The third kappa shape index (κ3) is 7.07. The van der Waals surface area contributed by atoms with Crippen LogP contribution in [0.2, 0.25) is 5.02 Å². The molecule has 1 aromatic carbocycles. The first-order valence-corrected chi connectivity index (χ1v) is 9.12. The highest BCUT2D eigenvalue weighted by atomic mass is 35.5. The number of morpholine rings is 1. The lowest BCUT2D eigenvalue weighted by molar-refractivity contribution is 0.0320. The van der Waals surface area contributed by atoms with Crippen LogP contribution in [0.5, 0.6) is 0 Å². The number of guanidine groups is 1. The minimum absolute atomic E-state index is 0.554. The number of nitrogens with zero attached hydrogens (tertiary/aromatic N) is 2. The quantitative estimate of drug-likeness (QED) is 0.584. The van der Waals surface area contributed by atoms with E-state index in [0.717, 1.165) is 62.5 Å². The highest BCUT2D eigenvalue weighted by Crippen LogP contribution is 2.11. The highest BCUT2D eigenvalue weighted by molar-refractivity contribution is 6.30. The summed E-state index contributed by atoms with van der Waals surface area (Å²) in [7, 11) is 0. The summed E-state index contributed by atoms with van der Waals surface area (Å²) in [5.74, 6) is 1.41. The number of benzene rings is 1. The molecular weight excluding hydrogens is 324 g/mol. The Bertz CT molecular complexity index is 517. The van der Waals surface area contributed by atoms with Gasteiger partial charge in [0.1, 0.15) is 0 Å². The summed E-state index contributed by atoms with van der Waals surface area (Å²) >= 11 is 6.02. The summed E-state index contributed by atoms with van der Waals surface area (Å²) in [6.45, 7) is 11.6. The van der Waals surface area contributed by atoms with Gasteiger partial charge in [-0.3, -0.25) is 4.90 Å². The van der Waals surface area contributed by atoms with Crippen molar-refractivity contribution in [3.63, 3.8) is 0 Å². The van der Waals surface area contributed by atoms with Crippen molar-refractivity contribution in [3.8, 4) is 0 Å². The molecule has 0 aromatic heterocycles. The zero-order chi connectivity index (χ0) is 17.2. The summed E-state index contributed by atoms with van der Waals surface area (Å²) < 4.78 is 5.40. The van der Waals surface area contributed by atoms with Gasteiger partial charge in [-0.05, 0) is 30.5 Å². The van der Waals surface area contributed by atoms with Crippen molar-refractivity contribution < 1.29 is 4.74 Å². The molecule has 6 heteroatoms. The predicted octanol–water partition coefficient (Wildman–Crippen LogP) is 2.36. The number of hydrogen-bond donors (Lipinski definition) is 2. The Morgan fingerprint density at radius 1 is 1.33 bits per heavy atom. The molecule has 1 atom stereocenters. The molecule has 24 heavy (non-hydrogen) atoms. The Balaban J connectivity index is 1.80. The molecule has 2 N–H and O–H groups in total. The molecule has 1 aliphatic rings.